The van der Waals surface area contributed by atoms with E-state index in [0.29, 0.717) is 25.9 Å². The van der Waals surface area contributed by atoms with Crippen molar-refractivity contribution in [1.29, 1.82) is 0 Å². The number of carbonyl (C=O) groups is 2. The smallest absolute Gasteiger partial charge is 0.305 e. The highest BCUT2D eigenvalue weighted by atomic mass is 16.5. The van der Waals surface area contributed by atoms with Crippen LogP contribution in [0.15, 0.2) is 12.2 Å². The maximum Gasteiger partial charge on any atom is 0.305 e. The van der Waals surface area contributed by atoms with Gasteiger partial charge in [0.05, 0.1) is 25.4 Å². The van der Waals surface area contributed by atoms with Gasteiger partial charge >= 0.3 is 5.97 Å². The second-order valence-corrected chi connectivity index (χ2v) is 23.9. The highest BCUT2D eigenvalue weighted by Gasteiger charge is 2.20. The number of carbonyl (C=O) groups excluding carboxylic acids is 2. The van der Waals surface area contributed by atoms with Crippen molar-refractivity contribution in [2.75, 3.05) is 13.2 Å². The van der Waals surface area contributed by atoms with Gasteiger partial charge in [-0.3, -0.25) is 9.59 Å². The van der Waals surface area contributed by atoms with E-state index in [0.717, 1.165) is 70.6 Å². The summed E-state index contributed by atoms with van der Waals surface area (Å²) in [6.07, 6.45) is 79.6. The van der Waals surface area contributed by atoms with Crippen LogP contribution >= 0.6 is 0 Å². The number of hydrogen-bond acceptors (Lipinski definition) is 5. The van der Waals surface area contributed by atoms with Gasteiger partial charge in [-0.15, -0.1) is 0 Å². The first-order valence-electron chi connectivity index (χ1n) is 34.4. The minimum atomic E-state index is -0.675. The summed E-state index contributed by atoms with van der Waals surface area (Å²) in [7, 11) is 0. The van der Waals surface area contributed by atoms with Crippen LogP contribution < -0.4 is 5.32 Å². The van der Waals surface area contributed by atoms with Crippen LogP contribution in [0.5, 0.6) is 0 Å². The molecular weight excluding hydrogens is 923 g/mol. The van der Waals surface area contributed by atoms with E-state index < -0.39 is 12.1 Å². The van der Waals surface area contributed by atoms with Crippen LogP contribution in [-0.2, 0) is 14.3 Å². The summed E-state index contributed by atoms with van der Waals surface area (Å²) in [5, 5.41) is 23.4. The molecule has 0 aliphatic heterocycles. The molecular formula is C69H135NO5. The fourth-order valence-electron chi connectivity index (χ4n) is 11.1. The van der Waals surface area contributed by atoms with Gasteiger partial charge in [0.15, 0.2) is 0 Å². The summed E-state index contributed by atoms with van der Waals surface area (Å²) in [5.41, 5.74) is 0. The normalized spacial score (nSPS) is 12.5. The molecule has 0 heterocycles. The van der Waals surface area contributed by atoms with Crippen LogP contribution in [0, 0.1) is 0 Å². The SMILES string of the molecule is CCCCCCCCCCCCCCCCCCCCCCCCCCC(O)C(CO)NC(=O)CCCCCCCCC/C=C\CCCCCCOC(=O)CCCCCCCCCCCCCCCCCCCCC. The molecule has 0 saturated heterocycles. The zero-order valence-corrected chi connectivity index (χ0v) is 51.1. The van der Waals surface area contributed by atoms with Gasteiger partial charge in [-0.05, 0) is 51.4 Å². The molecule has 0 aliphatic carbocycles. The standard InChI is InChI=1S/C69H135NO5/c1-3-5-7-9-11-13-15-17-19-21-23-24-25-26-27-29-30-33-37-41-45-49-53-57-61-67(72)66(65-71)70-68(73)62-58-54-50-46-42-38-34-32-36-40-44-48-52-56-60-64-75-69(74)63-59-55-51-47-43-39-35-31-28-22-20-18-16-14-12-10-8-6-4-2/h36,40,66-67,71-72H,3-35,37-39,41-65H2,1-2H3,(H,70,73)/b40-36-. The van der Waals surface area contributed by atoms with Crippen molar-refractivity contribution in [3.8, 4) is 0 Å². The van der Waals surface area contributed by atoms with Gasteiger partial charge in [0.25, 0.3) is 0 Å². The van der Waals surface area contributed by atoms with Crippen molar-refractivity contribution in [3.05, 3.63) is 12.2 Å². The number of ether oxygens (including phenoxy) is 1. The second-order valence-electron chi connectivity index (χ2n) is 23.9. The number of allylic oxidation sites excluding steroid dienone is 2. The molecule has 0 aromatic heterocycles. The molecule has 3 N–H and O–H groups in total. The molecule has 0 rings (SSSR count). The Labute approximate surface area is 469 Å². The lowest BCUT2D eigenvalue weighted by Crippen LogP contribution is -2.45. The van der Waals surface area contributed by atoms with E-state index in [1.165, 1.54) is 289 Å². The number of aliphatic hydroxyl groups excluding tert-OH is 2. The Bertz CT molecular complexity index is 1130. The number of esters is 1. The maximum absolute atomic E-state index is 12.5. The van der Waals surface area contributed by atoms with E-state index in [4.69, 9.17) is 4.74 Å². The lowest BCUT2D eigenvalue weighted by atomic mass is 10.0. The van der Waals surface area contributed by atoms with Crippen molar-refractivity contribution in [1.82, 2.24) is 5.32 Å². The van der Waals surface area contributed by atoms with Crippen molar-refractivity contribution in [2.45, 2.75) is 405 Å². The van der Waals surface area contributed by atoms with Gasteiger partial charge in [-0.25, -0.2) is 0 Å². The lowest BCUT2D eigenvalue weighted by Gasteiger charge is -2.22. The molecule has 0 radical (unpaired) electrons. The van der Waals surface area contributed by atoms with Gasteiger partial charge in [0.2, 0.25) is 5.91 Å². The minimum Gasteiger partial charge on any atom is -0.466 e. The van der Waals surface area contributed by atoms with Crippen LogP contribution in [-0.4, -0.2) is 47.4 Å². The molecule has 6 heteroatoms. The molecule has 0 aliphatic rings. The van der Waals surface area contributed by atoms with Crippen molar-refractivity contribution in [2.24, 2.45) is 0 Å². The zero-order valence-electron chi connectivity index (χ0n) is 51.1. The minimum absolute atomic E-state index is 0.00373. The third-order valence-electron chi connectivity index (χ3n) is 16.3. The molecule has 0 aromatic rings. The third-order valence-corrected chi connectivity index (χ3v) is 16.3. The molecule has 0 fully saturated rings. The topological polar surface area (TPSA) is 95.9 Å². The number of amides is 1. The van der Waals surface area contributed by atoms with Gasteiger partial charge in [0, 0.05) is 12.8 Å². The Kier molecular flexibility index (Phi) is 63.9. The average molecular weight is 1060 g/mol. The summed E-state index contributed by atoms with van der Waals surface area (Å²) in [4.78, 5) is 24.7. The summed E-state index contributed by atoms with van der Waals surface area (Å²) in [6.45, 7) is 4.97. The molecule has 0 spiro atoms. The first-order valence-corrected chi connectivity index (χ1v) is 34.4. The quantitative estimate of drug-likeness (QED) is 0.0320. The van der Waals surface area contributed by atoms with E-state index in [1.54, 1.807) is 0 Å². The molecule has 446 valence electrons. The number of unbranched alkanes of at least 4 members (excludes halogenated alkanes) is 52. The fourth-order valence-corrected chi connectivity index (χ4v) is 11.1. The van der Waals surface area contributed by atoms with Crippen LogP contribution in [0.1, 0.15) is 393 Å². The zero-order chi connectivity index (χ0) is 54.3. The van der Waals surface area contributed by atoms with Gasteiger partial charge in [0.1, 0.15) is 0 Å². The maximum atomic E-state index is 12.5. The Morgan fingerprint density at radius 2 is 0.627 bits per heavy atom. The predicted molar refractivity (Wildman–Crippen MR) is 329 cm³/mol. The van der Waals surface area contributed by atoms with Crippen molar-refractivity contribution >= 4 is 11.9 Å². The van der Waals surface area contributed by atoms with Gasteiger partial charge < -0.3 is 20.3 Å². The number of nitrogens with one attached hydrogen (secondary N) is 1. The monoisotopic (exact) mass is 1060 g/mol. The molecule has 2 unspecified atom stereocenters. The Morgan fingerprint density at radius 3 is 0.947 bits per heavy atom. The highest BCUT2D eigenvalue weighted by molar-refractivity contribution is 5.76. The van der Waals surface area contributed by atoms with E-state index in [-0.39, 0.29) is 18.5 Å². The summed E-state index contributed by atoms with van der Waals surface area (Å²) >= 11 is 0. The first-order chi connectivity index (χ1) is 37.0. The van der Waals surface area contributed by atoms with Crippen LogP contribution in [0.4, 0.5) is 0 Å². The number of rotatable bonds is 65. The van der Waals surface area contributed by atoms with Crippen LogP contribution in [0.3, 0.4) is 0 Å². The van der Waals surface area contributed by atoms with Gasteiger partial charge in [-0.1, -0.05) is 341 Å². The molecule has 0 saturated carbocycles. The predicted octanol–water partition coefficient (Wildman–Crippen LogP) is 22.0. The lowest BCUT2D eigenvalue weighted by molar-refractivity contribution is -0.143. The first kappa shape index (κ1) is 73.6. The Balaban J connectivity index is 3.43. The fraction of sp³-hybridized carbons (Fsp3) is 0.942. The van der Waals surface area contributed by atoms with E-state index in [1.807, 2.05) is 0 Å². The molecule has 2 atom stereocenters. The highest BCUT2D eigenvalue weighted by Crippen LogP contribution is 2.19. The van der Waals surface area contributed by atoms with Crippen molar-refractivity contribution < 1.29 is 24.5 Å². The number of hydrogen-bond donors (Lipinski definition) is 3. The number of aliphatic hydroxyl groups is 2. The molecule has 0 bridgehead atoms. The summed E-state index contributed by atoms with van der Waals surface area (Å²) in [5.74, 6) is -0.0487. The van der Waals surface area contributed by atoms with Crippen LogP contribution in [0.25, 0.3) is 0 Å². The summed E-state index contributed by atoms with van der Waals surface area (Å²) in [6, 6.07) is -0.554. The Hall–Kier alpha value is -1.40. The average Bonchev–Trinajstić information content (AvgIpc) is 3.41. The summed E-state index contributed by atoms with van der Waals surface area (Å²) < 4.78 is 5.49. The van der Waals surface area contributed by atoms with Crippen molar-refractivity contribution in [3.63, 3.8) is 0 Å². The van der Waals surface area contributed by atoms with E-state index in [9.17, 15) is 19.8 Å². The van der Waals surface area contributed by atoms with E-state index in [2.05, 4.69) is 31.3 Å². The molecule has 0 aromatic carbocycles. The third kappa shape index (κ3) is 61.7. The van der Waals surface area contributed by atoms with Gasteiger partial charge in [-0.2, -0.15) is 0 Å². The molecule has 75 heavy (non-hydrogen) atoms. The molecule has 1 amide bonds. The largest absolute Gasteiger partial charge is 0.466 e. The second kappa shape index (κ2) is 65.1. The Morgan fingerprint density at radius 1 is 0.360 bits per heavy atom. The van der Waals surface area contributed by atoms with E-state index >= 15 is 0 Å². The molecule has 6 nitrogen and oxygen atoms in total. The van der Waals surface area contributed by atoms with Crippen LogP contribution in [0.2, 0.25) is 0 Å².